The van der Waals surface area contributed by atoms with Crippen LogP contribution in [0.5, 0.6) is 0 Å². The molecule has 0 saturated carbocycles. The molecule has 1 radical (unpaired) electrons. The summed E-state index contributed by atoms with van der Waals surface area (Å²) in [7, 11) is -0.506. The van der Waals surface area contributed by atoms with Crippen molar-refractivity contribution in [1.29, 1.82) is 0 Å². The molecule has 1 saturated heterocycles. The van der Waals surface area contributed by atoms with Crippen molar-refractivity contribution in [3.63, 3.8) is 0 Å². The van der Waals surface area contributed by atoms with E-state index in [0.717, 1.165) is 48.4 Å². The molecule has 1 aliphatic heterocycles. The Morgan fingerprint density at radius 2 is 1.96 bits per heavy atom. The number of fused-ring (bicyclic) bond motifs is 1. The van der Waals surface area contributed by atoms with E-state index >= 15 is 0 Å². The third-order valence-electron chi connectivity index (χ3n) is 5.22. The quantitative estimate of drug-likeness (QED) is 0.826. The largest absolute Gasteiger partial charge is 0.380 e. The Hall–Kier alpha value is -1.47. The van der Waals surface area contributed by atoms with Gasteiger partial charge in [-0.25, -0.2) is 9.97 Å². The molecule has 1 atom stereocenters. The zero-order chi connectivity index (χ0) is 19.1. The lowest BCUT2D eigenvalue weighted by molar-refractivity contribution is 0.0998. The molecule has 2 aromatic rings. The van der Waals surface area contributed by atoms with Gasteiger partial charge in [0.05, 0.1) is 26.5 Å². The van der Waals surface area contributed by atoms with Crippen LogP contribution >= 0.6 is 0 Å². The minimum Gasteiger partial charge on any atom is -0.380 e. The number of H-pyrrole nitrogens is 1. The van der Waals surface area contributed by atoms with Crippen molar-refractivity contribution in [2.45, 2.75) is 71.1 Å². The summed E-state index contributed by atoms with van der Waals surface area (Å²) in [6.07, 6.45) is 4.07. The molecule has 0 spiro atoms. The topological polar surface area (TPSA) is 66.9 Å². The summed E-state index contributed by atoms with van der Waals surface area (Å²) in [5.41, 5.74) is 0.715. The van der Waals surface area contributed by atoms with E-state index in [9.17, 15) is 0 Å². The number of hydrogen-bond donors (Lipinski definition) is 1. The molecule has 0 amide bonds. The highest BCUT2D eigenvalue weighted by atomic mass is 28.3. The van der Waals surface area contributed by atoms with E-state index in [-0.39, 0.29) is 11.5 Å². The Morgan fingerprint density at radius 3 is 2.62 bits per heavy atom. The number of aromatic nitrogens is 4. The zero-order valence-corrected chi connectivity index (χ0v) is 18.2. The van der Waals surface area contributed by atoms with Gasteiger partial charge >= 0.3 is 0 Å². The molecule has 7 heteroatoms. The third-order valence-corrected chi connectivity index (χ3v) is 8.38. The number of nitrogens with one attached hydrogen (secondary N) is 1. The maximum atomic E-state index is 6.27. The first kappa shape index (κ1) is 19.3. The molecule has 3 heterocycles. The van der Waals surface area contributed by atoms with Crippen molar-refractivity contribution >= 4 is 25.6 Å². The van der Waals surface area contributed by atoms with Crippen LogP contribution in [0.25, 0.3) is 11.0 Å². The van der Waals surface area contributed by atoms with E-state index < -0.39 is 8.80 Å². The van der Waals surface area contributed by atoms with Crippen molar-refractivity contribution in [3.05, 3.63) is 12.0 Å². The van der Waals surface area contributed by atoms with E-state index in [1.54, 1.807) is 0 Å². The Labute approximate surface area is 158 Å². The predicted octanol–water partition coefficient (Wildman–Crippen LogP) is 3.71. The van der Waals surface area contributed by atoms with E-state index in [0.29, 0.717) is 5.04 Å². The van der Waals surface area contributed by atoms with Crippen molar-refractivity contribution in [1.82, 2.24) is 20.2 Å². The first-order valence-corrected chi connectivity index (χ1v) is 11.7. The van der Waals surface area contributed by atoms with Gasteiger partial charge in [0.1, 0.15) is 11.6 Å². The lowest BCUT2D eigenvalue weighted by Crippen LogP contribution is -2.32. The van der Waals surface area contributed by atoms with Crippen LogP contribution in [0.4, 0.5) is 5.82 Å². The van der Waals surface area contributed by atoms with Gasteiger partial charge in [-0.1, -0.05) is 48.1 Å². The van der Waals surface area contributed by atoms with E-state index in [1.165, 1.54) is 0 Å². The molecule has 3 rings (SSSR count). The summed E-state index contributed by atoms with van der Waals surface area (Å²) >= 11 is 0. The molecule has 26 heavy (non-hydrogen) atoms. The molecule has 0 bridgehead atoms. The fourth-order valence-corrected chi connectivity index (χ4v) is 3.83. The number of anilines is 1. The number of rotatable bonds is 4. The van der Waals surface area contributed by atoms with Gasteiger partial charge in [-0.2, -0.15) is 5.10 Å². The molecular formula is C19H32N5OSi. The number of nitrogens with zero attached hydrogens (tertiary/aromatic N) is 4. The average molecular weight is 375 g/mol. The molecule has 1 aliphatic rings. The van der Waals surface area contributed by atoms with Crippen LogP contribution < -0.4 is 4.90 Å². The van der Waals surface area contributed by atoms with Crippen molar-refractivity contribution in [2.75, 3.05) is 24.2 Å². The standard InChI is InChI=1S/C19H32N5OSi/c1-18(2,3)17-21-15-14(10-20-23-15)16(22-17)24-9-8-13(11-24)25-12-26(7)19(4,5)6/h10,13H,8-9,11-12H2,1-7H3,(H,20,21,22,23). The van der Waals surface area contributed by atoms with Gasteiger partial charge in [0.15, 0.2) is 5.65 Å². The lowest BCUT2D eigenvalue weighted by Gasteiger charge is -2.27. The molecule has 1 fully saturated rings. The Balaban J connectivity index is 1.75. The second-order valence-electron chi connectivity index (χ2n) is 9.45. The molecule has 0 aromatic carbocycles. The van der Waals surface area contributed by atoms with Gasteiger partial charge in [-0.05, 0) is 11.5 Å². The number of aromatic amines is 1. The fraction of sp³-hybridized carbons (Fsp3) is 0.737. The van der Waals surface area contributed by atoms with E-state index in [2.05, 4.69) is 68.2 Å². The molecule has 0 aliphatic carbocycles. The van der Waals surface area contributed by atoms with Crippen molar-refractivity contribution in [3.8, 4) is 0 Å². The van der Waals surface area contributed by atoms with E-state index in [4.69, 9.17) is 9.72 Å². The molecule has 2 aromatic heterocycles. The van der Waals surface area contributed by atoms with Gasteiger partial charge in [-0.3, -0.25) is 5.10 Å². The first-order valence-electron chi connectivity index (χ1n) is 9.47. The van der Waals surface area contributed by atoms with Gasteiger partial charge < -0.3 is 9.64 Å². The highest BCUT2D eigenvalue weighted by Crippen LogP contribution is 2.31. The highest BCUT2D eigenvalue weighted by molar-refractivity contribution is 6.60. The van der Waals surface area contributed by atoms with Gasteiger partial charge in [0.2, 0.25) is 0 Å². The van der Waals surface area contributed by atoms with Crippen LogP contribution in [-0.4, -0.2) is 54.4 Å². The number of ether oxygens (including phenoxy) is 1. The van der Waals surface area contributed by atoms with E-state index in [1.807, 2.05) is 6.20 Å². The summed E-state index contributed by atoms with van der Waals surface area (Å²) in [5, 5.41) is 8.56. The van der Waals surface area contributed by atoms with Gasteiger partial charge in [-0.15, -0.1) is 0 Å². The maximum absolute atomic E-state index is 6.27. The predicted molar refractivity (Wildman–Crippen MR) is 108 cm³/mol. The summed E-state index contributed by atoms with van der Waals surface area (Å²) in [6, 6.07) is 0. The minimum atomic E-state index is -0.506. The van der Waals surface area contributed by atoms with Crippen LogP contribution in [0.3, 0.4) is 0 Å². The summed E-state index contributed by atoms with van der Waals surface area (Å²) < 4.78 is 6.27. The van der Waals surface area contributed by atoms with Crippen molar-refractivity contribution < 1.29 is 4.74 Å². The smallest absolute Gasteiger partial charge is 0.161 e. The van der Waals surface area contributed by atoms with Gasteiger partial charge in [0, 0.05) is 24.7 Å². The summed E-state index contributed by atoms with van der Waals surface area (Å²) in [5.74, 6) is 1.83. The maximum Gasteiger partial charge on any atom is 0.161 e. The highest BCUT2D eigenvalue weighted by Gasteiger charge is 2.30. The Morgan fingerprint density at radius 1 is 1.23 bits per heavy atom. The summed E-state index contributed by atoms with van der Waals surface area (Å²) in [6.45, 7) is 17.6. The molecule has 143 valence electrons. The van der Waals surface area contributed by atoms with Crippen LogP contribution in [0.15, 0.2) is 6.20 Å². The second-order valence-corrected chi connectivity index (χ2v) is 12.8. The molecule has 1 N–H and O–H groups in total. The normalized spacial score (nSPS) is 19.1. The molecule has 1 unspecified atom stereocenters. The third kappa shape index (κ3) is 4.09. The van der Waals surface area contributed by atoms with Crippen LogP contribution in [0, 0.1) is 0 Å². The van der Waals surface area contributed by atoms with Crippen LogP contribution in [-0.2, 0) is 10.2 Å². The number of hydrogen-bond acceptors (Lipinski definition) is 5. The van der Waals surface area contributed by atoms with Crippen LogP contribution in [0.1, 0.15) is 53.8 Å². The zero-order valence-electron chi connectivity index (χ0n) is 17.2. The Kier molecular flexibility index (Phi) is 5.14. The van der Waals surface area contributed by atoms with Crippen molar-refractivity contribution in [2.24, 2.45) is 0 Å². The Bertz CT molecular complexity index is 761. The SMILES string of the molecule is C[Si](COC1CCN(c2nc(C(C)(C)C)nc3[nH]ncc23)C1)C(C)(C)C. The second kappa shape index (κ2) is 6.92. The lowest BCUT2D eigenvalue weighted by atomic mass is 9.95. The monoisotopic (exact) mass is 374 g/mol. The fourth-order valence-electron chi connectivity index (χ4n) is 2.91. The van der Waals surface area contributed by atoms with Gasteiger partial charge in [0.25, 0.3) is 0 Å². The molecular weight excluding hydrogens is 342 g/mol. The minimum absolute atomic E-state index is 0.101. The first-order chi connectivity index (χ1) is 12.1. The molecule has 6 nitrogen and oxygen atoms in total. The average Bonchev–Trinajstić information content (AvgIpc) is 3.18. The van der Waals surface area contributed by atoms with Crippen LogP contribution in [0.2, 0.25) is 11.6 Å². The summed E-state index contributed by atoms with van der Waals surface area (Å²) in [4.78, 5) is 11.9.